The number of carbonyl (C=O) groups is 6. The molecule has 13 nitrogen and oxygen atoms in total. The summed E-state index contributed by atoms with van der Waals surface area (Å²) in [6, 6.07) is 24.6. The van der Waals surface area contributed by atoms with E-state index < -0.39 is 12.1 Å². The summed E-state index contributed by atoms with van der Waals surface area (Å²) in [6.07, 6.45) is 8.04. The molecule has 2 saturated heterocycles. The zero-order chi connectivity index (χ0) is 45.9. The largest absolute Gasteiger partial charge is 0.329 e. The lowest BCUT2D eigenvalue weighted by atomic mass is 9.95. The molecule has 2 fully saturated rings. The fourth-order valence-electron chi connectivity index (χ4n) is 9.61. The molecule has 10 rings (SSSR count). The molecule has 0 spiro atoms. The summed E-state index contributed by atoms with van der Waals surface area (Å²) in [5.74, 6) is 0.286. The van der Waals surface area contributed by atoms with E-state index in [9.17, 15) is 28.8 Å². The average molecular weight is 900 g/mol. The number of hydrogen-bond acceptors (Lipinski definition) is 9. The molecule has 0 aliphatic carbocycles. The third-order valence-electron chi connectivity index (χ3n) is 13.2. The molecule has 0 bridgehead atoms. The summed E-state index contributed by atoms with van der Waals surface area (Å²) in [6.45, 7) is 10.3. The molecule has 5 aliphatic heterocycles. The van der Waals surface area contributed by atoms with Gasteiger partial charge in [-0.2, -0.15) is 0 Å². The number of nitrogens with zero attached hydrogens (tertiary/aromatic N) is 4. The number of ketones is 2. The first-order valence-corrected chi connectivity index (χ1v) is 22.8. The van der Waals surface area contributed by atoms with E-state index in [4.69, 9.17) is 0 Å². The van der Waals surface area contributed by atoms with Crippen LogP contribution in [0.15, 0.2) is 110 Å². The van der Waals surface area contributed by atoms with Crippen molar-refractivity contribution in [1.29, 1.82) is 0 Å². The van der Waals surface area contributed by atoms with E-state index in [2.05, 4.69) is 57.3 Å². The number of rotatable bonds is 12. The van der Waals surface area contributed by atoms with Gasteiger partial charge in [-0.1, -0.05) is 81.2 Å². The Morgan fingerprint density at radius 3 is 1.79 bits per heavy atom. The molecule has 4 amide bonds. The Balaban J connectivity index is 0.000000179. The van der Waals surface area contributed by atoms with Crippen molar-refractivity contribution in [3.8, 4) is 0 Å². The molecule has 5 aromatic rings. The number of allylic oxidation sites excluding steroid dienone is 2. The lowest BCUT2D eigenvalue weighted by Crippen LogP contribution is -2.49. The van der Waals surface area contributed by atoms with E-state index >= 15 is 0 Å². The van der Waals surface area contributed by atoms with Gasteiger partial charge in [-0.25, -0.2) is 9.97 Å². The Bertz CT molecular complexity index is 2830. The highest BCUT2D eigenvalue weighted by Gasteiger charge is 2.39. The van der Waals surface area contributed by atoms with Crippen LogP contribution in [0.5, 0.6) is 0 Å². The Morgan fingerprint density at radius 1 is 0.642 bits per heavy atom. The number of amides is 4. The number of nitrogens with one attached hydrogen (secondary N) is 3. The molecule has 1 aromatic heterocycles. The van der Waals surface area contributed by atoms with Gasteiger partial charge in [-0.05, 0) is 109 Å². The van der Waals surface area contributed by atoms with Crippen LogP contribution in [0.4, 0.5) is 0 Å². The highest BCUT2D eigenvalue weighted by molar-refractivity contribution is 6.02. The summed E-state index contributed by atoms with van der Waals surface area (Å²) >= 11 is 0. The third kappa shape index (κ3) is 10.5. The Labute approximate surface area is 391 Å². The third-order valence-corrected chi connectivity index (χ3v) is 13.2. The van der Waals surface area contributed by atoms with Crippen LogP contribution in [-0.2, 0) is 70.9 Å². The van der Waals surface area contributed by atoms with Crippen molar-refractivity contribution in [2.24, 2.45) is 0 Å². The van der Waals surface area contributed by atoms with Gasteiger partial charge in [0.1, 0.15) is 29.5 Å². The van der Waals surface area contributed by atoms with Crippen LogP contribution >= 0.6 is 0 Å². The molecule has 344 valence electrons. The first kappa shape index (κ1) is 46.4. The van der Waals surface area contributed by atoms with E-state index in [0.717, 1.165) is 58.2 Å². The summed E-state index contributed by atoms with van der Waals surface area (Å²) < 4.78 is 0. The van der Waals surface area contributed by atoms with Gasteiger partial charge in [0.15, 0.2) is 0 Å². The molecule has 2 atom stereocenters. The van der Waals surface area contributed by atoms with Crippen LogP contribution in [0.2, 0.25) is 0 Å². The maximum absolute atomic E-state index is 12.9. The van der Waals surface area contributed by atoms with Gasteiger partial charge in [-0.15, -0.1) is 0 Å². The lowest BCUT2D eigenvalue weighted by molar-refractivity contribution is -0.127. The van der Waals surface area contributed by atoms with Gasteiger partial charge < -0.3 is 25.8 Å². The maximum atomic E-state index is 12.9. The Hall–Kier alpha value is -7.12. The van der Waals surface area contributed by atoms with Crippen LogP contribution in [0.1, 0.15) is 111 Å². The number of benzene rings is 4. The second-order valence-electron chi connectivity index (χ2n) is 17.9. The smallest absolute Gasteiger partial charge is 0.255 e. The molecular weight excluding hydrogens is 843 g/mol. The number of aryl methyl sites for hydroxylation is 2. The first-order chi connectivity index (χ1) is 31.9. The van der Waals surface area contributed by atoms with Gasteiger partial charge in [0.25, 0.3) is 11.8 Å². The van der Waals surface area contributed by atoms with Crippen LogP contribution in [0.3, 0.4) is 0 Å². The van der Waals surface area contributed by atoms with Crippen molar-refractivity contribution < 1.29 is 28.8 Å². The molecule has 67 heavy (non-hydrogen) atoms. The number of piperidine rings is 2. The van der Waals surface area contributed by atoms with Crippen molar-refractivity contribution in [3.63, 3.8) is 0 Å². The van der Waals surface area contributed by atoms with Crippen LogP contribution in [0.25, 0.3) is 10.9 Å². The maximum Gasteiger partial charge on any atom is 0.255 e. The summed E-state index contributed by atoms with van der Waals surface area (Å²) in [5.41, 5.74) is 11.2. The van der Waals surface area contributed by atoms with E-state index in [-0.39, 0.29) is 49.0 Å². The summed E-state index contributed by atoms with van der Waals surface area (Å²) in [7, 11) is 0. The minimum Gasteiger partial charge on any atom is -0.329 e. The predicted octanol–water partition coefficient (Wildman–Crippen LogP) is 6.58. The lowest BCUT2D eigenvalue weighted by Gasteiger charge is -2.30. The molecule has 3 N–H and O–H groups in total. The van der Waals surface area contributed by atoms with Crippen molar-refractivity contribution >= 4 is 46.1 Å². The summed E-state index contributed by atoms with van der Waals surface area (Å²) in [5, 5.41) is 9.84. The molecule has 6 heterocycles. The molecule has 0 saturated carbocycles. The zero-order valence-electron chi connectivity index (χ0n) is 37.0. The number of Topliss-reactive ketones (excluding diaryl/α,β-unsaturated/α-hetero) is 2. The second kappa shape index (κ2) is 20.2. The number of carbonyl (C=O) groups excluding carboxylic acids is 6. The molecule has 2 unspecified atom stereocenters. The van der Waals surface area contributed by atoms with E-state index in [1.807, 2.05) is 60.7 Å². The zero-order valence-corrected chi connectivity index (χ0v) is 37.0. The number of para-hydroxylation sites is 1. The number of aromatic nitrogens is 2. The quantitative estimate of drug-likeness (QED) is 0.125. The van der Waals surface area contributed by atoms with Crippen molar-refractivity contribution in [2.45, 2.75) is 110 Å². The van der Waals surface area contributed by atoms with Crippen molar-refractivity contribution in [2.75, 3.05) is 6.54 Å². The second-order valence-corrected chi connectivity index (χ2v) is 17.9. The molecule has 5 aliphatic rings. The van der Waals surface area contributed by atoms with E-state index in [1.54, 1.807) is 16.0 Å². The highest BCUT2D eigenvalue weighted by Crippen LogP contribution is 2.31. The van der Waals surface area contributed by atoms with Crippen LogP contribution < -0.4 is 16.0 Å². The topological polar surface area (TPSA) is 171 Å². The van der Waals surface area contributed by atoms with Crippen molar-refractivity contribution in [1.82, 2.24) is 35.7 Å². The van der Waals surface area contributed by atoms with Gasteiger partial charge in [0, 0.05) is 73.0 Å². The van der Waals surface area contributed by atoms with Crippen molar-refractivity contribution in [3.05, 3.63) is 166 Å². The van der Waals surface area contributed by atoms with Gasteiger partial charge >= 0.3 is 0 Å². The average Bonchev–Trinajstić information content (AvgIpc) is 3.81. The fraction of sp³-hybridized carbons (Fsp3) is 0.333. The first-order valence-electron chi connectivity index (χ1n) is 22.8. The minimum atomic E-state index is -0.470. The SMILES string of the molecule is C.C=C1CCC(N2Cc3cc(CCC(=O)Cc4ccc5c(c4)CCNC5)ccc3C2=O)C(=O)N1.C=C1CCC(N2Cc3cc(CCC(=O)Cc4ncc5ccccc5n4)ccc3C2=O)C(=O)N1. The molecule has 4 aromatic carbocycles. The predicted molar refractivity (Wildman–Crippen MR) is 255 cm³/mol. The van der Waals surface area contributed by atoms with Gasteiger partial charge in [0.2, 0.25) is 11.8 Å². The normalized spacial score (nSPS) is 18.6. The summed E-state index contributed by atoms with van der Waals surface area (Å²) in [4.78, 5) is 87.7. The minimum absolute atomic E-state index is 0. The standard InChI is InChI=1S/C27H29N3O3.C26H24N4O3.CH4/c1-17-2-9-25(26(32)29-17)30-16-22-12-18(5-8-24(22)27(30)33)4-7-23(31)14-19-3-6-21-15-28-11-10-20(21)13-19;1-16-6-11-23(25(32)28-16)30-15-19-12-17(8-10-21(19)26(30)33)7-9-20(31)13-24-27-14-18-4-2-3-5-22(18)29-24;/h3,5-6,8,12-13,25,28H,1-2,4,7,9-11,14-16H2,(H,29,32);2-5,8,10,12,14,23H,1,6-7,9,11,13,15H2,(H,28,32);1H4. The van der Waals surface area contributed by atoms with Gasteiger partial charge in [0.05, 0.1) is 11.9 Å². The highest BCUT2D eigenvalue weighted by atomic mass is 16.2. The molecule has 0 radical (unpaired) electrons. The number of fused-ring (bicyclic) bond motifs is 4. The Kier molecular flexibility index (Phi) is 14.0. The van der Waals surface area contributed by atoms with Crippen LogP contribution in [-0.4, -0.2) is 73.6 Å². The monoisotopic (exact) mass is 899 g/mol. The fourth-order valence-corrected chi connectivity index (χ4v) is 9.61. The number of hydrogen-bond donors (Lipinski definition) is 3. The van der Waals surface area contributed by atoms with Crippen LogP contribution in [0, 0.1) is 0 Å². The van der Waals surface area contributed by atoms with Gasteiger partial charge in [-0.3, -0.25) is 28.8 Å². The molecular formula is C54H57N7O6. The molecule has 13 heteroatoms. The Morgan fingerprint density at radius 2 is 1.19 bits per heavy atom. The van der Waals surface area contributed by atoms with E-state index in [1.165, 1.54) is 11.1 Å². The van der Waals surface area contributed by atoms with E-state index in [0.29, 0.717) is 99.2 Å².